The van der Waals surface area contributed by atoms with Crippen LogP contribution in [0.2, 0.25) is 0 Å². The number of rotatable bonds is 6. The van der Waals surface area contributed by atoms with E-state index in [2.05, 4.69) is 29.2 Å². The molecular weight excluding hydrogens is 338 g/mol. The third-order valence-corrected chi connectivity index (χ3v) is 5.32. The van der Waals surface area contributed by atoms with Crippen LogP contribution in [0.15, 0.2) is 48.7 Å². The van der Waals surface area contributed by atoms with Crippen LogP contribution in [0.1, 0.15) is 47.5 Å². The van der Waals surface area contributed by atoms with Crippen molar-refractivity contribution in [2.45, 2.75) is 31.6 Å². The van der Waals surface area contributed by atoms with Crippen molar-refractivity contribution in [2.24, 2.45) is 0 Å². The lowest BCUT2D eigenvalue weighted by molar-refractivity contribution is 0.0760. The molecule has 3 rings (SSSR count). The Balaban J connectivity index is 1.60. The van der Waals surface area contributed by atoms with Crippen molar-refractivity contribution >= 4 is 11.7 Å². The molecule has 1 fully saturated rings. The number of aromatic nitrogens is 1. The molecule has 2 aromatic rings. The molecular formula is C22H29N3O2. The molecule has 1 aromatic carbocycles. The largest absolute Gasteiger partial charge is 0.396 e. The average molecular weight is 367 g/mol. The number of hydrogen-bond acceptors (Lipinski definition) is 4. The third kappa shape index (κ3) is 5.07. The molecule has 1 aromatic heterocycles. The summed E-state index contributed by atoms with van der Waals surface area (Å²) in [7, 11) is 1.94. The number of nitrogens with zero attached hydrogens (tertiary/aromatic N) is 3. The molecule has 0 spiro atoms. The van der Waals surface area contributed by atoms with E-state index in [-0.39, 0.29) is 12.5 Å². The summed E-state index contributed by atoms with van der Waals surface area (Å²) >= 11 is 0. The summed E-state index contributed by atoms with van der Waals surface area (Å²) in [5.41, 5.74) is 2.02. The molecule has 0 saturated carbocycles. The molecule has 2 heterocycles. The summed E-state index contributed by atoms with van der Waals surface area (Å²) in [4.78, 5) is 21.3. The second kappa shape index (κ2) is 9.51. The van der Waals surface area contributed by atoms with Crippen LogP contribution in [0, 0.1) is 0 Å². The first-order valence-electron chi connectivity index (χ1n) is 9.81. The minimum Gasteiger partial charge on any atom is -0.396 e. The molecule has 1 N–H and O–H groups in total. The zero-order valence-corrected chi connectivity index (χ0v) is 16.1. The van der Waals surface area contributed by atoms with Gasteiger partial charge in [-0.25, -0.2) is 4.98 Å². The van der Waals surface area contributed by atoms with Crippen molar-refractivity contribution in [1.29, 1.82) is 0 Å². The lowest BCUT2D eigenvalue weighted by atomic mass is 9.92. The fraction of sp³-hybridized carbons (Fsp3) is 0.455. The Labute approximate surface area is 161 Å². The minimum absolute atomic E-state index is 0.0702. The first kappa shape index (κ1) is 19.4. The van der Waals surface area contributed by atoms with E-state index in [1.807, 2.05) is 35.0 Å². The highest BCUT2D eigenvalue weighted by atomic mass is 16.3. The third-order valence-electron chi connectivity index (χ3n) is 5.32. The van der Waals surface area contributed by atoms with E-state index < -0.39 is 0 Å². The Kier molecular flexibility index (Phi) is 6.82. The Morgan fingerprint density at radius 2 is 2.00 bits per heavy atom. The van der Waals surface area contributed by atoms with Crippen LogP contribution in [0.5, 0.6) is 0 Å². The zero-order chi connectivity index (χ0) is 19.1. The van der Waals surface area contributed by atoms with Gasteiger partial charge >= 0.3 is 0 Å². The maximum atomic E-state index is 12.9. The van der Waals surface area contributed by atoms with Crippen molar-refractivity contribution in [2.75, 3.05) is 38.2 Å². The average Bonchev–Trinajstić information content (AvgIpc) is 2.98. The highest BCUT2D eigenvalue weighted by molar-refractivity contribution is 5.94. The van der Waals surface area contributed by atoms with Gasteiger partial charge in [0.2, 0.25) is 0 Å². The number of benzene rings is 1. The van der Waals surface area contributed by atoms with Crippen LogP contribution in [-0.4, -0.2) is 54.2 Å². The molecule has 5 heteroatoms. The van der Waals surface area contributed by atoms with Gasteiger partial charge in [-0.3, -0.25) is 4.79 Å². The van der Waals surface area contributed by atoms with E-state index in [9.17, 15) is 4.79 Å². The summed E-state index contributed by atoms with van der Waals surface area (Å²) < 4.78 is 0. The Hall–Kier alpha value is -2.40. The number of amides is 1. The van der Waals surface area contributed by atoms with Crippen LogP contribution in [-0.2, 0) is 0 Å². The number of anilines is 1. The molecule has 1 atom stereocenters. The molecule has 0 aliphatic carbocycles. The number of aliphatic hydroxyl groups excluding tert-OH is 1. The predicted octanol–water partition coefficient (Wildman–Crippen LogP) is 3.31. The fourth-order valence-corrected chi connectivity index (χ4v) is 3.70. The van der Waals surface area contributed by atoms with E-state index in [0.717, 1.165) is 44.7 Å². The Morgan fingerprint density at radius 3 is 2.70 bits per heavy atom. The molecule has 1 saturated heterocycles. The van der Waals surface area contributed by atoms with E-state index in [1.165, 1.54) is 5.56 Å². The van der Waals surface area contributed by atoms with Gasteiger partial charge < -0.3 is 14.9 Å². The van der Waals surface area contributed by atoms with Crippen LogP contribution in [0.4, 0.5) is 5.82 Å². The first-order chi connectivity index (χ1) is 13.2. The normalized spacial score (nSPS) is 17.4. The van der Waals surface area contributed by atoms with Crippen molar-refractivity contribution in [1.82, 2.24) is 9.88 Å². The number of likely N-dealkylation sites (tertiary alicyclic amines) is 1. The second-order valence-electron chi connectivity index (χ2n) is 7.23. The summed E-state index contributed by atoms with van der Waals surface area (Å²) in [6, 6.07) is 14.4. The van der Waals surface area contributed by atoms with Crippen LogP contribution in [0.25, 0.3) is 0 Å². The number of pyridine rings is 1. The van der Waals surface area contributed by atoms with Gasteiger partial charge in [-0.05, 0) is 49.3 Å². The van der Waals surface area contributed by atoms with Gasteiger partial charge in [0.25, 0.3) is 5.91 Å². The molecule has 1 unspecified atom stereocenters. The number of carbonyl (C=O) groups is 1. The van der Waals surface area contributed by atoms with Gasteiger partial charge in [0.1, 0.15) is 5.82 Å². The highest BCUT2D eigenvalue weighted by Crippen LogP contribution is 2.28. The van der Waals surface area contributed by atoms with Crippen LogP contribution >= 0.6 is 0 Å². The summed E-state index contributed by atoms with van der Waals surface area (Å²) in [6.07, 6.45) is 5.54. The molecule has 1 aliphatic rings. The molecule has 144 valence electrons. The number of aliphatic hydroxyl groups is 1. The number of carbonyl (C=O) groups excluding carboxylic acids is 1. The van der Waals surface area contributed by atoms with Crippen LogP contribution < -0.4 is 4.90 Å². The topological polar surface area (TPSA) is 56.7 Å². The summed E-state index contributed by atoms with van der Waals surface area (Å²) in [5, 5.41) is 8.94. The van der Waals surface area contributed by atoms with Crippen molar-refractivity contribution in [3.05, 3.63) is 59.8 Å². The van der Waals surface area contributed by atoms with E-state index in [1.54, 1.807) is 6.20 Å². The maximum absolute atomic E-state index is 12.9. The van der Waals surface area contributed by atoms with Crippen molar-refractivity contribution in [3.63, 3.8) is 0 Å². The van der Waals surface area contributed by atoms with Crippen molar-refractivity contribution in [3.8, 4) is 0 Å². The van der Waals surface area contributed by atoms with Gasteiger partial charge in [-0.2, -0.15) is 0 Å². The Bertz CT molecular complexity index is 718. The minimum atomic E-state index is 0.0702. The molecule has 1 amide bonds. The summed E-state index contributed by atoms with van der Waals surface area (Å²) in [5.74, 6) is 1.42. The van der Waals surface area contributed by atoms with Gasteiger partial charge in [-0.1, -0.05) is 30.3 Å². The SMILES string of the molecule is CN(CCCO)c1ccc(C(=O)N2CCCC(c3ccccc3)CC2)cn1. The molecule has 5 nitrogen and oxygen atoms in total. The first-order valence-corrected chi connectivity index (χ1v) is 9.81. The van der Waals surface area contributed by atoms with Gasteiger partial charge in [0.15, 0.2) is 0 Å². The van der Waals surface area contributed by atoms with Crippen molar-refractivity contribution < 1.29 is 9.90 Å². The molecule has 0 bridgehead atoms. The number of hydrogen-bond donors (Lipinski definition) is 1. The lowest BCUT2D eigenvalue weighted by Crippen LogP contribution is -2.32. The van der Waals surface area contributed by atoms with Crippen LogP contribution in [0.3, 0.4) is 0 Å². The van der Waals surface area contributed by atoms with Gasteiger partial charge in [-0.15, -0.1) is 0 Å². The quantitative estimate of drug-likeness (QED) is 0.851. The van der Waals surface area contributed by atoms with Gasteiger partial charge in [0, 0.05) is 39.5 Å². The monoisotopic (exact) mass is 367 g/mol. The van der Waals surface area contributed by atoms with E-state index in [0.29, 0.717) is 17.9 Å². The summed E-state index contributed by atoms with van der Waals surface area (Å²) in [6.45, 7) is 2.50. The van der Waals surface area contributed by atoms with Gasteiger partial charge in [0.05, 0.1) is 5.56 Å². The molecule has 1 aliphatic heterocycles. The smallest absolute Gasteiger partial charge is 0.255 e. The van der Waals surface area contributed by atoms with E-state index >= 15 is 0 Å². The maximum Gasteiger partial charge on any atom is 0.255 e. The molecule has 0 radical (unpaired) electrons. The second-order valence-corrected chi connectivity index (χ2v) is 7.23. The lowest BCUT2D eigenvalue weighted by Gasteiger charge is -2.22. The fourth-order valence-electron chi connectivity index (χ4n) is 3.70. The van der Waals surface area contributed by atoms with E-state index in [4.69, 9.17) is 5.11 Å². The highest BCUT2D eigenvalue weighted by Gasteiger charge is 2.22. The molecule has 27 heavy (non-hydrogen) atoms. The Morgan fingerprint density at radius 1 is 1.19 bits per heavy atom. The zero-order valence-electron chi connectivity index (χ0n) is 16.1. The standard InChI is InChI=1S/C22H29N3O2/c1-24(13-6-16-26)21-11-10-20(17-23-21)22(27)25-14-5-9-19(12-15-25)18-7-3-2-4-8-18/h2-4,7-8,10-11,17,19,26H,5-6,9,12-16H2,1H3. The predicted molar refractivity (Wildman–Crippen MR) is 108 cm³/mol.